The number of fused-ring (bicyclic) bond motifs is 4. The molecule has 0 aromatic carbocycles. The Hall–Kier alpha value is -0.760. The first kappa shape index (κ1) is 18.6. The molecule has 1 unspecified atom stereocenters. The number of methoxy groups -OCH3 is 2. The first-order valence-corrected chi connectivity index (χ1v) is 10.7. The van der Waals surface area contributed by atoms with Crippen molar-refractivity contribution in [3.05, 3.63) is 12.2 Å². The second kappa shape index (κ2) is 5.87. The topological polar surface area (TPSA) is 82.1 Å². The highest BCUT2D eigenvalue weighted by Crippen LogP contribution is 2.66. The highest BCUT2D eigenvalue weighted by atomic mass is 32.2. The van der Waals surface area contributed by atoms with Gasteiger partial charge in [-0.2, -0.15) is 0 Å². The molecule has 0 aromatic heterocycles. The van der Waals surface area contributed by atoms with Crippen LogP contribution < -0.4 is 0 Å². The van der Waals surface area contributed by atoms with Crippen LogP contribution in [-0.2, 0) is 29.8 Å². The Kier molecular flexibility index (Phi) is 4.20. The molecule has 0 aromatic rings. The summed E-state index contributed by atoms with van der Waals surface area (Å²) < 4.78 is 29.9. The summed E-state index contributed by atoms with van der Waals surface area (Å²) in [5.41, 5.74) is -0.426. The van der Waals surface area contributed by atoms with Crippen molar-refractivity contribution < 1.29 is 28.3 Å². The van der Waals surface area contributed by atoms with Crippen LogP contribution in [0.5, 0.6) is 0 Å². The third-order valence-electron chi connectivity index (χ3n) is 7.79. The van der Waals surface area contributed by atoms with Gasteiger partial charge in [-0.1, -0.05) is 19.9 Å². The number of aliphatic hydroxyl groups excluding tert-OH is 1. The predicted molar refractivity (Wildman–Crippen MR) is 95.6 cm³/mol. The Morgan fingerprint density at radius 3 is 2.65 bits per heavy atom. The van der Waals surface area contributed by atoms with Gasteiger partial charge in [0.15, 0.2) is 0 Å². The van der Waals surface area contributed by atoms with Crippen molar-refractivity contribution in [3.8, 4) is 0 Å². The zero-order valence-corrected chi connectivity index (χ0v) is 16.6. The molecule has 0 spiro atoms. The van der Waals surface area contributed by atoms with Gasteiger partial charge in [0, 0.05) is 29.1 Å². The number of hydrogen-bond donors (Lipinski definition) is 1. The smallest absolute Gasteiger partial charge is 0.315 e. The molecule has 1 saturated heterocycles. The number of hydrogen-bond acceptors (Lipinski definition) is 6. The van der Waals surface area contributed by atoms with E-state index in [1.54, 1.807) is 6.08 Å². The van der Waals surface area contributed by atoms with E-state index in [2.05, 4.69) is 13.8 Å². The first-order valence-electron chi connectivity index (χ1n) is 9.28. The van der Waals surface area contributed by atoms with Gasteiger partial charge >= 0.3 is 5.97 Å². The van der Waals surface area contributed by atoms with Crippen molar-refractivity contribution >= 4 is 16.8 Å². The molecule has 4 rings (SSSR count). The van der Waals surface area contributed by atoms with Gasteiger partial charge in [0.2, 0.25) is 5.79 Å². The number of esters is 1. The normalized spacial score (nSPS) is 48.9. The fourth-order valence-electron chi connectivity index (χ4n) is 5.99. The maximum Gasteiger partial charge on any atom is 0.315 e. The highest BCUT2D eigenvalue weighted by molar-refractivity contribution is 7.85. The standard InChI is InChI=1S/C19H28O6S/c1-17(2)11-5-7-18(17,13(20)9-11)10-26(22)15-12-6-8-19(24-4,25-12)14(15)16(21)23-3/h6,8,11-15,20H,5,7,9-10H2,1-4H3/t11-,12-,13-,14+,15-,18-,19+,26?/m1/s1. The predicted octanol–water partition coefficient (Wildman–Crippen LogP) is 1.39. The summed E-state index contributed by atoms with van der Waals surface area (Å²) in [6.07, 6.45) is 5.40. The molecule has 7 heteroatoms. The molecule has 0 radical (unpaired) electrons. The van der Waals surface area contributed by atoms with E-state index in [0.29, 0.717) is 11.7 Å². The maximum atomic E-state index is 13.5. The van der Waals surface area contributed by atoms with Crippen molar-refractivity contribution in [2.75, 3.05) is 20.0 Å². The van der Waals surface area contributed by atoms with Crippen LogP contribution in [0.4, 0.5) is 0 Å². The van der Waals surface area contributed by atoms with Gasteiger partial charge < -0.3 is 19.3 Å². The summed E-state index contributed by atoms with van der Waals surface area (Å²) in [5, 5.41) is 10.2. The van der Waals surface area contributed by atoms with Crippen molar-refractivity contribution in [1.29, 1.82) is 0 Å². The van der Waals surface area contributed by atoms with Gasteiger partial charge in [-0.25, -0.2) is 0 Å². The summed E-state index contributed by atoms with van der Waals surface area (Å²) in [4.78, 5) is 12.5. The molecule has 4 aliphatic rings. The number of carbonyl (C=O) groups is 1. The van der Waals surface area contributed by atoms with Crippen molar-refractivity contribution in [3.63, 3.8) is 0 Å². The van der Waals surface area contributed by atoms with Crippen molar-refractivity contribution in [2.45, 2.75) is 56.4 Å². The van der Waals surface area contributed by atoms with E-state index in [4.69, 9.17) is 14.2 Å². The lowest BCUT2D eigenvalue weighted by Crippen LogP contribution is -2.50. The molecule has 2 aliphatic carbocycles. The van der Waals surface area contributed by atoms with E-state index in [9.17, 15) is 14.1 Å². The Bertz CT molecular complexity index is 675. The van der Waals surface area contributed by atoms with Crippen molar-refractivity contribution in [2.24, 2.45) is 22.7 Å². The molecule has 1 N–H and O–H groups in total. The quantitative estimate of drug-likeness (QED) is 0.570. The van der Waals surface area contributed by atoms with E-state index in [0.717, 1.165) is 19.3 Å². The molecule has 8 atom stereocenters. The molecule has 26 heavy (non-hydrogen) atoms. The first-order chi connectivity index (χ1) is 12.2. The van der Waals surface area contributed by atoms with Crippen LogP contribution in [0.1, 0.15) is 33.1 Å². The molecule has 2 saturated carbocycles. The van der Waals surface area contributed by atoms with Gasteiger partial charge in [-0.3, -0.25) is 9.00 Å². The van der Waals surface area contributed by atoms with E-state index < -0.39 is 45.9 Å². The molecular formula is C19H28O6S. The molecule has 4 bridgehead atoms. The number of aliphatic hydroxyl groups is 1. The van der Waals surface area contributed by atoms with Gasteiger partial charge in [0.05, 0.1) is 24.6 Å². The van der Waals surface area contributed by atoms with Crippen LogP contribution in [0.2, 0.25) is 0 Å². The molecular weight excluding hydrogens is 356 g/mol. The van der Waals surface area contributed by atoms with Gasteiger partial charge in [0.1, 0.15) is 5.92 Å². The SMILES string of the molecule is COC(=O)[C@@H]1[C@H](S(=O)C[C@]23CC[C@H](C[C@H]2O)C3(C)C)[C@H]2C=C[C@]1(OC)O2. The van der Waals surface area contributed by atoms with Crippen molar-refractivity contribution in [1.82, 2.24) is 0 Å². The van der Waals surface area contributed by atoms with Gasteiger partial charge in [-0.05, 0) is 36.7 Å². The average molecular weight is 384 g/mol. The molecule has 0 amide bonds. The number of ether oxygens (including phenoxy) is 3. The molecule has 2 aliphatic heterocycles. The summed E-state index contributed by atoms with van der Waals surface area (Å²) in [5.74, 6) is -1.58. The van der Waals surface area contributed by atoms with E-state index in [1.165, 1.54) is 14.2 Å². The Morgan fingerprint density at radius 2 is 2.12 bits per heavy atom. The number of carbonyl (C=O) groups excluding carboxylic acids is 1. The lowest BCUT2D eigenvalue weighted by atomic mass is 9.70. The van der Waals surface area contributed by atoms with E-state index in [-0.39, 0.29) is 10.8 Å². The van der Waals surface area contributed by atoms with Crippen LogP contribution in [0.3, 0.4) is 0 Å². The summed E-state index contributed by atoms with van der Waals surface area (Å²) in [6, 6.07) is 0. The molecule has 6 nitrogen and oxygen atoms in total. The maximum absolute atomic E-state index is 13.5. The van der Waals surface area contributed by atoms with Crippen LogP contribution in [-0.4, -0.2) is 58.5 Å². The van der Waals surface area contributed by atoms with Gasteiger partial charge in [-0.15, -0.1) is 0 Å². The van der Waals surface area contributed by atoms with E-state index in [1.807, 2.05) is 6.08 Å². The van der Waals surface area contributed by atoms with Crippen LogP contribution in [0.15, 0.2) is 12.2 Å². The largest absolute Gasteiger partial charge is 0.469 e. The minimum absolute atomic E-state index is 0.0594. The Labute approximate surface area is 156 Å². The third kappa shape index (κ3) is 2.14. The number of rotatable bonds is 5. The molecule has 146 valence electrons. The highest BCUT2D eigenvalue weighted by Gasteiger charge is 2.67. The summed E-state index contributed by atoms with van der Waals surface area (Å²) in [6.45, 7) is 4.37. The van der Waals surface area contributed by atoms with Crippen LogP contribution in [0.25, 0.3) is 0 Å². The fraction of sp³-hybridized carbons (Fsp3) is 0.842. The van der Waals surface area contributed by atoms with Crippen LogP contribution >= 0.6 is 0 Å². The Morgan fingerprint density at radius 1 is 1.38 bits per heavy atom. The lowest BCUT2D eigenvalue weighted by molar-refractivity contribution is -0.192. The minimum atomic E-state index is -1.36. The molecule has 2 heterocycles. The monoisotopic (exact) mass is 384 g/mol. The zero-order valence-electron chi connectivity index (χ0n) is 15.8. The Balaban J connectivity index is 1.64. The minimum Gasteiger partial charge on any atom is -0.469 e. The zero-order chi connectivity index (χ0) is 18.9. The summed E-state index contributed by atoms with van der Waals surface area (Å²) >= 11 is 0. The lowest BCUT2D eigenvalue weighted by Gasteiger charge is -2.41. The van der Waals surface area contributed by atoms with E-state index >= 15 is 0 Å². The molecule has 3 fully saturated rings. The third-order valence-corrected chi connectivity index (χ3v) is 9.74. The fourth-order valence-corrected chi connectivity index (χ4v) is 8.45. The second-order valence-corrected chi connectivity index (χ2v) is 10.3. The van der Waals surface area contributed by atoms with Crippen LogP contribution in [0, 0.1) is 22.7 Å². The van der Waals surface area contributed by atoms with Gasteiger partial charge in [0.25, 0.3) is 0 Å². The summed E-state index contributed by atoms with van der Waals surface area (Å²) in [7, 11) is 1.45. The average Bonchev–Trinajstić information content (AvgIpc) is 3.29. The second-order valence-electron chi connectivity index (χ2n) is 8.72.